The van der Waals surface area contributed by atoms with Crippen LogP contribution in [0.3, 0.4) is 0 Å². The van der Waals surface area contributed by atoms with Gasteiger partial charge in [0.2, 0.25) is 0 Å². The lowest BCUT2D eigenvalue weighted by atomic mass is 9.89. The first kappa shape index (κ1) is 60.0. The van der Waals surface area contributed by atoms with Gasteiger partial charge >= 0.3 is 14.5 Å². The second kappa shape index (κ2) is 44.2. The van der Waals surface area contributed by atoms with E-state index in [4.69, 9.17) is 23.4 Å². The van der Waals surface area contributed by atoms with Crippen molar-refractivity contribution in [3.05, 3.63) is 24.3 Å². The molecule has 0 radical (unpaired) electrons. The average molecular weight is 881 g/mol. The minimum atomic E-state index is -2.50. The molecule has 0 heterocycles. The molecule has 0 aromatic rings. The fourth-order valence-electron chi connectivity index (χ4n) is 7.70. The van der Waals surface area contributed by atoms with Crippen LogP contribution in [-0.2, 0) is 23.1 Å². The highest BCUT2D eigenvalue weighted by atomic mass is 28.4. The first-order valence-corrected chi connectivity index (χ1v) is 29.1. The van der Waals surface area contributed by atoms with Crippen LogP contribution in [0, 0.1) is 5.41 Å². The van der Waals surface area contributed by atoms with Crippen molar-refractivity contribution in [3.8, 4) is 0 Å². The van der Waals surface area contributed by atoms with Crippen LogP contribution in [0.1, 0.15) is 240 Å². The standard InChI is InChI=1S/C53H105NO6Si/c1-8-10-12-14-16-18-20-22-24-26-28-30-32-34-37-41-47-57-51(60-61(6,7)59-49-43-39-36-40-44-54(5)45-46-55)50-53(3,4)52(56)58-48-42-38-35-33-31-29-27-25-23-21-19-17-15-13-11-9-2/h22-25,51,55H,8-21,26-50H2,1-7H3/b24-22-,25-23-. The van der Waals surface area contributed by atoms with E-state index in [1.165, 1.54) is 154 Å². The number of ether oxygens (including phenoxy) is 2. The van der Waals surface area contributed by atoms with Gasteiger partial charge in [0, 0.05) is 26.2 Å². The molecular weight excluding hydrogens is 775 g/mol. The van der Waals surface area contributed by atoms with Crippen molar-refractivity contribution in [2.24, 2.45) is 5.41 Å². The Balaban J connectivity index is 4.58. The molecule has 0 saturated carbocycles. The number of carbonyl (C=O) groups is 1. The number of allylic oxidation sites excluding steroid dienone is 4. The minimum absolute atomic E-state index is 0.167. The minimum Gasteiger partial charge on any atom is -0.465 e. The summed E-state index contributed by atoms with van der Waals surface area (Å²) < 4.78 is 25.2. The van der Waals surface area contributed by atoms with Gasteiger partial charge in [-0.05, 0) is 118 Å². The van der Waals surface area contributed by atoms with Crippen molar-refractivity contribution in [1.29, 1.82) is 0 Å². The third-order valence-corrected chi connectivity index (χ3v) is 13.6. The van der Waals surface area contributed by atoms with Crippen molar-refractivity contribution >= 4 is 14.5 Å². The summed E-state index contributed by atoms with van der Waals surface area (Å²) >= 11 is 0. The molecule has 0 bridgehead atoms. The summed E-state index contributed by atoms with van der Waals surface area (Å²) in [5, 5.41) is 9.12. The Labute approximate surface area is 381 Å². The molecule has 0 saturated heterocycles. The summed E-state index contributed by atoms with van der Waals surface area (Å²) in [6, 6.07) is 0. The van der Waals surface area contributed by atoms with E-state index in [0.717, 1.165) is 64.5 Å². The van der Waals surface area contributed by atoms with Crippen LogP contribution in [0.2, 0.25) is 13.1 Å². The van der Waals surface area contributed by atoms with Gasteiger partial charge in [0.05, 0.1) is 18.6 Å². The number of hydrogen-bond donors (Lipinski definition) is 1. The van der Waals surface area contributed by atoms with Gasteiger partial charge in [-0.1, -0.05) is 167 Å². The highest BCUT2D eigenvalue weighted by Gasteiger charge is 2.37. The quantitative estimate of drug-likeness (QED) is 0.0214. The lowest BCUT2D eigenvalue weighted by Gasteiger charge is -2.33. The van der Waals surface area contributed by atoms with Crippen molar-refractivity contribution < 1.29 is 28.2 Å². The molecule has 1 N–H and O–H groups in total. The maximum absolute atomic E-state index is 13.4. The summed E-state index contributed by atoms with van der Waals surface area (Å²) in [6.45, 7) is 16.4. The number of rotatable bonds is 48. The van der Waals surface area contributed by atoms with E-state index < -0.39 is 20.3 Å². The molecule has 0 aromatic heterocycles. The molecule has 0 amide bonds. The highest BCUT2D eigenvalue weighted by molar-refractivity contribution is 6.64. The lowest BCUT2D eigenvalue weighted by molar-refractivity contribution is -0.164. The fourth-order valence-corrected chi connectivity index (χ4v) is 9.19. The molecule has 0 aliphatic heterocycles. The number of likely N-dealkylation sites (N-methyl/N-ethyl adjacent to an activating group) is 1. The van der Waals surface area contributed by atoms with E-state index in [2.05, 4.69) is 63.2 Å². The average Bonchev–Trinajstić information content (AvgIpc) is 3.22. The predicted octanol–water partition coefficient (Wildman–Crippen LogP) is 15.6. The summed E-state index contributed by atoms with van der Waals surface area (Å²) in [5.41, 5.74) is -0.718. The number of unbranched alkanes of at least 4 members (excludes halogenated alkanes) is 27. The van der Waals surface area contributed by atoms with Crippen LogP contribution in [0.25, 0.3) is 0 Å². The van der Waals surface area contributed by atoms with Gasteiger partial charge < -0.3 is 28.3 Å². The number of hydrogen-bond acceptors (Lipinski definition) is 7. The molecule has 0 fully saturated rings. The van der Waals surface area contributed by atoms with E-state index in [-0.39, 0.29) is 12.6 Å². The molecule has 0 spiro atoms. The molecule has 8 heteroatoms. The van der Waals surface area contributed by atoms with Gasteiger partial charge in [0.15, 0.2) is 6.29 Å². The highest BCUT2D eigenvalue weighted by Crippen LogP contribution is 2.29. The zero-order valence-corrected chi connectivity index (χ0v) is 42.9. The third-order valence-electron chi connectivity index (χ3n) is 11.9. The number of nitrogens with zero attached hydrogens (tertiary/aromatic N) is 1. The fraction of sp³-hybridized carbons (Fsp3) is 0.906. The molecule has 61 heavy (non-hydrogen) atoms. The summed E-state index contributed by atoms with van der Waals surface area (Å²) in [5.74, 6) is -0.167. The van der Waals surface area contributed by atoms with Crippen molar-refractivity contribution in [3.63, 3.8) is 0 Å². The molecule has 1 atom stereocenters. The smallest absolute Gasteiger partial charge is 0.333 e. The van der Waals surface area contributed by atoms with Gasteiger partial charge in [0.25, 0.3) is 0 Å². The predicted molar refractivity (Wildman–Crippen MR) is 266 cm³/mol. The molecule has 0 aromatic carbocycles. The number of esters is 1. The van der Waals surface area contributed by atoms with Crippen molar-refractivity contribution in [1.82, 2.24) is 4.90 Å². The molecular formula is C53H105NO6Si. The Morgan fingerprint density at radius 2 is 0.951 bits per heavy atom. The van der Waals surface area contributed by atoms with E-state index in [1.807, 2.05) is 13.8 Å². The Kier molecular flexibility index (Phi) is 43.4. The van der Waals surface area contributed by atoms with Crippen LogP contribution in [0.4, 0.5) is 0 Å². The first-order chi connectivity index (χ1) is 29.6. The zero-order chi connectivity index (χ0) is 45.0. The van der Waals surface area contributed by atoms with Gasteiger partial charge in [-0.3, -0.25) is 4.79 Å². The van der Waals surface area contributed by atoms with Crippen molar-refractivity contribution in [2.45, 2.75) is 259 Å². The van der Waals surface area contributed by atoms with Crippen LogP contribution >= 0.6 is 0 Å². The maximum Gasteiger partial charge on any atom is 0.333 e. The number of aliphatic hydroxyl groups excluding tert-OH is 1. The second-order valence-corrected chi connectivity index (χ2v) is 22.5. The largest absolute Gasteiger partial charge is 0.465 e. The summed E-state index contributed by atoms with van der Waals surface area (Å²) in [6.07, 6.45) is 49.5. The van der Waals surface area contributed by atoms with E-state index in [9.17, 15) is 4.79 Å². The topological polar surface area (TPSA) is 77.5 Å². The number of carbonyl (C=O) groups excluding carboxylic acids is 1. The summed E-state index contributed by atoms with van der Waals surface area (Å²) in [7, 11) is -0.440. The zero-order valence-electron chi connectivity index (χ0n) is 41.9. The van der Waals surface area contributed by atoms with Crippen LogP contribution in [0.5, 0.6) is 0 Å². The van der Waals surface area contributed by atoms with Crippen LogP contribution in [-0.4, -0.2) is 77.4 Å². The Bertz CT molecular complexity index is 988. The molecule has 0 aliphatic carbocycles. The van der Waals surface area contributed by atoms with Gasteiger partial charge in [-0.2, -0.15) is 0 Å². The molecule has 7 nitrogen and oxygen atoms in total. The molecule has 1 unspecified atom stereocenters. The second-order valence-electron chi connectivity index (χ2n) is 19.2. The third kappa shape index (κ3) is 42.7. The Morgan fingerprint density at radius 3 is 1.41 bits per heavy atom. The van der Waals surface area contributed by atoms with Crippen LogP contribution in [0.15, 0.2) is 24.3 Å². The van der Waals surface area contributed by atoms with Gasteiger partial charge in [-0.15, -0.1) is 0 Å². The monoisotopic (exact) mass is 880 g/mol. The first-order valence-electron chi connectivity index (χ1n) is 26.3. The van der Waals surface area contributed by atoms with Crippen LogP contribution < -0.4 is 0 Å². The normalized spacial score (nSPS) is 13.1. The maximum atomic E-state index is 13.4. The summed E-state index contributed by atoms with van der Waals surface area (Å²) in [4.78, 5) is 15.5. The van der Waals surface area contributed by atoms with Gasteiger partial charge in [0.1, 0.15) is 0 Å². The molecule has 0 rings (SSSR count). The van der Waals surface area contributed by atoms with E-state index in [0.29, 0.717) is 26.2 Å². The lowest BCUT2D eigenvalue weighted by Crippen LogP contribution is -2.43. The van der Waals surface area contributed by atoms with E-state index >= 15 is 0 Å². The number of aliphatic hydroxyl groups is 1. The van der Waals surface area contributed by atoms with Gasteiger partial charge in [-0.25, -0.2) is 0 Å². The molecule has 0 aliphatic rings. The SMILES string of the molecule is CCCCCCCC/C=C\CCCCCCCCOC(=O)C(C)(C)CC(OCCCCCCCC/C=C\CCCCCCCC)O[Si](C)(C)OCCCCCCN(C)CCO. The van der Waals surface area contributed by atoms with E-state index in [1.54, 1.807) is 0 Å². The molecule has 362 valence electrons. The Morgan fingerprint density at radius 1 is 0.557 bits per heavy atom. The Hall–Kier alpha value is -1.03. The van der Waals surface area contributed by atoms with Crippen molar-refractivity contribution in [2.75, 3.05) is 46.6 Å².